The van der Waals surface area contributed by atoms with Crippen LogP contribution in [0.15, 0.2) is 35.7 Å². The van der Waals surface area contributed by atoms with E-state index in [4.69, 9.17) is 0 Å². The van der Waals surface area contributed by atoms with Gasteiger partial charge in [0.05, 0.1) is 17.0 Å². The third-order valence-corrected chi connectivity index (χ3v) is 4.13. The second-order valence-corrected chi connectivity index (χ2v) is 5.61. The summed E-state index contributed by atoms with van der Waals surface area (Å²) >= 11 is 1.37. The molecule has 2 N–H and O–H groups in total. The van der Waals surface area contributed by atoms with Gasteiger partial charge in [-0.1, -0.05) is 12.1 Å². The fourth-order valence-corrected chi connectivity index (χ4v) is 2.73. The summed E-state index contributed by atoms with van der Waals surface area (Å²) in [7, 11) is 0. The molecule has 5 heteroatoms. The molecule has 0 saturated heterocycles. The summed E-state index contributed by atoms with van der Waals surface area (Å²) in [6.45, 7) is 3.58. The minimum absolute atomic E-state index is 0.203. The number of hydrogen-bond donors (Lipinski definition) is 2. The van der Waals surface area contributed by atoms with E-state index in [-0.39, 0.29) is 11.7 Å². The molecule has 0 bridgehead atoms. The lowest BCUT2D eigenvalue weighted by Crippen LogP contribution is -2.36. The van der Waals surface area contributed by atoms with Crippen molar-refractivity contribution in [1.82, 2.24) is 5.32 Å². The Balaban J connectivity index is 2.04. The molecular formula is C15H16FNO2S. The lowest BCUT2D eigenvalue weighted by Gasteiger charge is -2.20. The molecule has 0 radical (unpaired) electrons. The van der Waals surface area contributed by atoms with Gasteiger partial charge in [0, 0.05) is 0 Å². The normalized spacial score (nSPS) is 13.8. The van der Waals surface area contributed by atoms with E-state index in [0.29, 0.717) is 10.4 Å². The number of benzene rings is 1. The smallest absolute Gasteiger partial charge is 0.261 e. The molecule has 0 saturated carbocycles. The largest absolute Gasteiger partial charge is 0.386 e. The minimum atomic E-state index is -0.875. The summed E-state index contributed by atoms with van der Waals surface area (Å²) in [5.74, 6) is -0.557. The topological polar surface area (TPSA) is 49.3 Å². The molecule has 106 valence electrons. The van der Waals surface area contributed by atoms with E-state index in [0.717, 1.165) is 5.56 Å². The second-order valence-electron chi connectivity index (χ2n) is 4.69. The maximum atomic E-state index is 12.8. The molecule has 1 aromatic carbocycles. The molecule has 3 nitrogen and oxygen atoms in total. The first-order valence-electron chi connectivity index (χ1n) is 6.27. The van der Waals surface area contributed by atoms with Gasteiger partial charge in [-0.3, -0.25) is 4.79 Å². The van der Waals surface area contributed by atoms with Crippen molar-refractivity contribution in [3.63, 3.8) is 0 Å². The molecule has 0 spiro atoms. The van der Waals surface area contributed by atoms with Crippen LogP contribution in [-0.4, -0.2) is 17.1 Å². The van der Waals surface area contributed by atoms with Gasteiger partial charge in [0.15, 0.2) is 0 Å². The number of nitrogens with one attached hydrogen (secondary N) is 1. The number of hydrogen-bond acceptors (Lipinski definition) is 3. The van der Waals surface area contributed by atoms with Crippen molar-refractivity contribution in [2.24, 2.45) is 0 Å². The lowest BCUT2D eigenvalue weighted by molar-refractivity contribution is 0.0855. The highest BCUT2D eigenvalue weighted by Gasteiger charge is 2.20. The van der Waals surface area contributed by atoms with Gasteiger partial charge in [-0.25, -0.2) is 4.39 Å². The molecule has 2 aromatic rings. The molecule has 2 atom stereocenters. The molecule has 20 heavy (non-hydrogen) atoms. The molecule has 2 unspecified atom stereocenters. The van der Waals surface area contributed by atoms with Crippen LogP contribution in [0.5, 0.6) is 0 Å². The zero-order valence-corrected chi connectivity index (χ0v) is 12.1. The summed E-state index contributed by atoms with van der Waals surface area (Å²) in [6, 6.07) is 7.01. The Morgan fingerprint density at radius 3 is 2.50 bits per heavy atom. The monoisotopic (exact) mass is 293 g/mol. The second kappa shape index (κ2) is 6.15. The van der Waals surface area contributed by atoms with Crippen LogP contribution < -0.4 is 5.32 Å². The van der Waals surface area contributed by atoms with Crippen molar-refractivity contribution < 1.29 is 14.3 Å². The first-order chi connectivity index (χ1) is 9.49. The molecule has 0 aliphatic rings. The Labute approximate surface area is 121 Å². The highest BCUT2D eigenvalue weighted by molar-refractivity contribution is 7.12. The molecule has 0 fully saturated rings. The third-order valence-electron chi connectivity index (χ3n) is 3.11. The predicted octanol–water partition coefficient (Wildman–Crippen LogP) is 3.05. The molecule has 0 aliphatic carbocycles. The van der Waals surface area contributed by atoms with E-state index in [1.165, 1.54) is 35.6 Å². The van der Waals surface area contributed by atoms with Crippen molar-refractivity contribution in [3.8, 4) is 0 Å². The van der Waals surface area contributed by atoms with Gasteiger partial charge >= 0.3 is 0 Å². The number of amides is 1. The van der Waals surface area contributed by atoms with Crippen molar-refractivity contribution in [2.75, 3.05) is 0 Å². The van der Waals surface area contributed by atoms with Crippen molar-refractivity contribution in [3.05, 3.63) is 57.5 Å². The quantitative estimate of drug-likeness (QED) is 0.910. The number of aryl methyl sites for hydroxylation is 1. The number of carbonyl (C=O) groups excluding carboxylic acids is 1. The standard InChI is InChI=1S/C15H16FNO2S/c1-9-7-8-20-14(9)15(19)17-10(2)13(18)11-3-5-12(16)6-4-11/h3-8,10,13,18H,1-2H3,(H,17,19). The number of thiophene rings is 1. The van der Waals surface area contributed by atoms with E-state index in [2.05, 4.69) is 5.32 Å². The van der Waals surface area contributed by atoms with Crippen LogP contribution >= 0.6 is 11.3 Å². The average Bonchev–Trinajstić information content (AvgIpc) is 2.85. The number of rotatable bonds is 4. The Hall–Kier alpha value is -1.72. The van der Waals surface area contributed by atoms with Crippen LogP contribution in [0.1, 0.15) is 33.8 Å². The van der Waals surface area contributed by atoms with Crippen LogP contribution in [0.3, 0.4) is 0 Å². The van der Waals surface area contributed by atoms with Crippen molar-refractivity contribution in [2.45, 2.75) is 26.0 Å². The van der Waals surface area contributed by atoms with E-state index in [1.807, 2.05) is 18.4 Å². The Bertz CT molecular complexity index is 594. The molecule has 1 amide bonds. The number of aliphatic hydroxyl groups is 1. The SMILES string of the molecule is Cc1ccsc1C(=O)NC(C)C(O)c1ccc(F)cc1. The maximum absolute atomic E-state index is 12.8. The fourth-order valence-electron chi connectivity index (χ4n) is 1.91. The van der Waals surface area contributed by atoms with Crippen LogP contribution in [-0.2, 0) is 0 Å². The van der Waals surface area contributed by atoms with Crippen molar-refractivity contribution >= 4 is 17.2 Å². The van der Waals surface area contributed by atoms with E-state index in [1.54, 1.807) is 6.92 Å². The molecule has 0 aliphatic heterocycles. The summed E-state index contributed by atoms with van der Waals surface area (Å²) in [4.78, 5) is 12.7. The molecular weight excluding hydrogens is 277 g/mol. The van der Waals surface area contributed by atoms with Crippen LogP contribution in [0.2, 0.25) is 0 Å². The zero-order valence-electron chi connectivity index (χ0n) is 11.3. The predicted molar refractivity (Wildman–Crippen MR) is 77.3 cm³/mol. The van der Waals surface area contributed by atoms with Gasteiger partial charge < -0.3 is 10.4 Å². The molecule has 2 rings (SSSR count). The summed E-state index contributed by atoms with van der Waals surface area (Å²) in [5, 5.41) is 14.8. The van der Waals surface area contributed by atoms with Gasteiger partial charge in [-0.05, 0) is 48.6 Å². The van der Waals surface area contributed by atoms with Gasteiger partial charge in [0.25, 0.3) is 5.91 Å². The number of aliphatic hydroxyl groups excluding tert-OH is 1. The summed E-state index contributed by atoms with van der Waals surface area (Å²) in [6.07, 6.45) is -0.875. The average molecular weight is 293 g/mol. The third kappa shape index (κ3) is 3.23. The van der Waals surface area contributed by atoms with E-state index < -0.39 is 12.1 Å². The summed E-state index contributed by atoms with van der Waals surface area (Å²) in [5.41, 5.74) is 1.48. The summed E-state index contributed by atoms with van der Waals surface area (Å²) < 4.78 is 12.8. The zero-order chi connectivity index (χ0) is 14.7. The molecule has 1 aromatic heterocycles. The van der Waals surface area contributed by atoms with E-state index >= 15 is 0 Å². The lowest BCUT2D eigenvalue weighted by atomic mass is 10.0. The maximum Gasteiger partial charge on any atom is 0.261 e. The highest BCUT2D eigenvalue weighted by Crippen LogP contribution is 2.19. The van der Waals surface area contributed by atoms with Crippen LogP contribution in [0.4, 0.5) is 4.39 Å². The van der Waals surface area contributed by atoms with Crippen molar-refractivity contribution in [1.29, 1.82) is 0 Å². The van der Waals surface area contributed by atoms with E-state index in [9.17, 15) is 14.3 Å². The number of carbonyl (C=O) groups is 1. The van der Waals surface area contributed by atoms with Gasteiger partial charge in [0.1, 0.15) is 5.82 Å². The Morgan fingerprint density at radius 2 is 1.95 bits per heavy atom. The van der Waals surface area contributed by atoms with Crippen LogP contribution in [0, 0.1) is 12.7 Å². The fraction of sp³-hybridized carbons (Fsp3) is 0.267. The first-order valence-corrected chi connectivity index (χ1v) is 7.15. The van der Waals surface area contributed by atoms with Gasteiger partial charge in [-0.15, -0.1) is 11.3 Å². The Kier molecular flexibility index (Phi) is 4.52. The first kappa shape index (κ1) is 14.7. The van der Waals surface area contributed by atoms with Crippen LogP contribution in [0.25, 0.3) is 0 Å². The Morgan fingerprint density at radius 1 is 1.30 bits per heavy atom. The molecule has 1 heterocycles. The van der Waals surface area contributed by atoms with Gasteiger partial charge in [0.2, 0.25) is 0 Å². The minimum Gasteiger partial charge on any atom is -0.386 e. The number of halogens is 1. The van der Waals surface area contributed by atoms with Gasteiger partial charge in [-0.2, -0.15) is 0 Å². The highest BCUT2D eigenvalue weighted by atomic mass is 32.1.